The summed E-state index contributed by atoms with van der Waals surface area (Å²) in [5.41, 5.74) is 5.18. The lowest BCUT2D eigenvalue weighted by Gasteiger charge is -2.38. The molecule has 188 valence electrons. The summed E-state index contributed by atoms with van der Waals surface area (Å²) in [4.78, 5) is 0. The van der Waals surface area contributed by atoms with Crippen LogP contribution in [0.15, 0.2) is 48.5 Å². The van der Waals surface area contributed by atoms with Crippen LogP contribution in [0.3, 0.4) is 0 Å². The zero-order valence-electron chi connectivity index (χ0n) is 22.7. The Hall–Kier alpha value is -1.72. The first-order valence-electron chi connectivity index (χ1n) is 13.1. The molecule has 1 atom stereocenters. The number of rotatable bonds is 14. The molecular formula is C30H47N2OP. The molecule has 0 radical (unpaired) electrons. The van der Waals surface area contributed by atoms with Gasteiger partial charge in [0.1, 0.15) is 0 Å². The van der Waals surface area contributed by atoms with Crippen molar-refractivity contribution in [2.45, 2.75) is 92.8 Å². The van der Waals surface area contributed by atoms with E-state index in [-0.39, 0.29) is 8.07 Å². The van der Waals surface area contributed by atoms with Crippen LogP contribution in [-0.4, -0.2) is 35.7 Å². The van der Waals surface area contributed by atoms with Crippen LogP contribution in [0, 0.1) is 11.3 Å². The molecule has 0 saturated heterocycles. The van der Waals surface area contributed by atoms with Gasteiger partial charge in [0.25, 0.3) is 0 Å². The molecule has 34 heavy (non-hydrogen) atoms. The van der Waals surface area contributed by atoms with Crippen LogP contribution < -0.4 is 0 Å². The third-order valence-corrected chi connectivity index (χ3v) is 8.67. The summed E-state index contributed by atoms with van der Waals surface area (Å²) >= 11 is 0. The van der Waals surface area contributed by atoms with Crippen molar-refractivity contribution >= 4 is 8.07 Å². The van der Waals surface area contributed by atoms with E-state index >= 15 is 0 Å². The van der Waals surface area contributed by atoms with Crippen molar-refractivity contribution in [2.75, 3.05) is 18.9 Å². The third kappa shape index (κ3) is 10.7. The molecular weight excluding hydrogens is 435 g/mol. The SMILES string of the molecule is CC.CCCOCc1cc(CCP(CCCC#N)N(C(C)C)C(C)C)cc(-c2ccccc2)c1. The van der Waals surface area contributed by atoms with Crippen molar-refractivity contribution < 1.29 is 4.74 Å². The molecule has 2 aromatic rings. The number of aryl methyl sites for hydroxylation is 1. The number of nitrogens with zero attached hydrogens (tertiary/aromatic N) is 2. The predicted octanol–water partition coefficient (Wildman–Crippen LogP) is 8.67. The number of hydrogen-bond acceptors (Lipinski definition) is 3. The summed E-state index contributed by atoms with van der Waals surface area (Å²) in [6.45, 7) is 16.8. The third-order valence-electron chi connectivity index (χ3n) is 5.53. The van der Waals surface area contributed by atoms with E-state index in [9.17, 15) is 0 Å². The molecule has 0 aliphatic heterocycles. The molecule has 2 rings (SSSR count). The minimum absolute atomic E-state index is 0.274. The second-order valence-electron chi connectivity index (χ2n) is 8.99. The monoisotopic (exact) mass is 482 g/mol. The predicted molar refractivity (Wildman–Crippen MR) is 150 cm³/mol. The molecule has 0 amide bonds. The quantitative estimate of drug-likeness (QED) is 0.200. The molecule has 1 unspecified atom stereocenters. The van der Waals surface area contributed by atoms with E-state index < -0.39 is 0 Å². The Morgan fingerprint density at radius 2 is 1.56 bits per heavy atom. The van der Waals surface area contributed by atoms with Crippen molar-refractivity contribution in [2.24, 2.45) is 0 Å². The van der Waals surface area contributed by atoms with E-state index in [1.165, 1.54) is 28.4 Å². The van der Waals surface area contributed by atoms with Gasteiger partial charge in [0.05, 0.1) is 12.7 Å². The highest BCUT2D eigenvalue weighted by molar-refractivity contribution is 7.55. The molecule has 0 aromatic heterocycles. The van der Waals surface area contributed by atoms with Crippen LogP contribution in [0.2, 0.25) is 0 Å². The first-order chi connectivity index (χ1) is 16.5. The second kappa shape index (κ2) is 17.7. The van der Waals surface area contributed by atoms with Crippen molar-refractivity contribution in [3.05, 3.63) is 59.7 Å². The molecule has 0 saturated carbocycles. The maximum absolute atomic E-state index is 9.03. The summed E-state index contributed by atoms with van der Waals surface area (Å²) in [6.07, 6.45) is 6.08. The van der Waals surface area contributed by atoms with Gasteiger partial charge in [-0.1, -0.05) is 63.2 Å². The first-order valence-corrected chi connectivity index (χ1v) is 14.8. The van der Waals surface area contributed by atoms with E-state index in [0.717, 1.165) is 32.0 Å². The summed E-state index contributed by atoms with van der Waals surface area (Å²) in [6, 6.07) is 21.0. The van der Waals surface area contributed by atoms with Gasteiger partial charge in [0, 0.05) is 25.1 Å². The Morgan fingerprint density at radius 3 is 2.15 bits per heavy atom. The van der Waals surface area contributed by atoms with Gasteiger partial charge in [0.2, 0.25) is 0 Å². The van der Waals surface area contributed by atoms with Gasteiger partial charge in [-0.05, 0) is 95.7 Å². The molecule has 0 spiro atoms. The minimum atomic E-state index is -0.274. The van der Waals surface area contributed by atoms with Crippen molar-refractivity contribution in [3.63, 3.8) is 0 Å². The molecule has 0 aliphatic carbocycles. The van der Waals surface area contributed by atoms with Gasteiger partial charge in [-0.15, -0.1) is 0 Å². The summed E-state index contributed by atoms with van der Waals surface area (Å²) in [5, 5.41) is 9.03. The molecule has 2 aromatic carbocycles. The fraction of sp³-hybridized carbons (Fsp3) is 0.567. The van der Waals surface area contributed by atoms with Gasteiger partial charge >= 0.3 is 0 Å². The first kappa shape index (κ1) is 30.3. The zero-order valence-corrected chi connectivity index (χ0v) is 23.6. The fourth-order valence-electron chi connectivity index (χ4n) is 4.31. The average molecular weight is 483 g/mol. The minimum Gasteiger partial charge on any atom is -0.377 e. The Kier molecular flexibility index (Phi) is 15.8. The van der Waals surface area contributed by atoms with Gasteiger partial charge < -0.3 is 4.74 Å². The number of benzene rings is 2. The van der Waals surface area contributed by atoms with Gasteiger partial charge in [0.15, 0.2) is 0 Å². The van der Waals surface area contributed by atoms with Gasteiger partial charge in [-0.25, -0.2) is 0 Å². The zero-order chi connectivity index (χ0) is 25.3. The highest BCUT2D eigenvalue weighted by Gasteiger charge is 2.23. The van der Waals surface area contributed by atoms with E-state index in [1.807, 2.05) is 13.8 Å². The summed E-state index contributed by atoms with van der Waals surface area (Å²) < 4.78 is 8.57. The van der Waals surface area contributed by atoms with Crippen LogP contribution >= 0.6 is 8.07 Å². The molecule has 0 aliphatic rings. The molecule has 0 bridgehead atoms. The largest absolute Gasteiger partial charge is 0.377 e. The molecule has 0 fully saturated rings. The fourth-order valence-corrected chi connectivity index (χ4v) is 7.34. The second-order valence-corrected chi connectivity index (χ2v) is 11.4. The topological polar surface area (TPSA) is 36.3 Å². The highest BCUT2D eigenvalue weighted by atomic mass is 31.1. The average Bonchev–Trinajstić information content (AvgIpc) is 2.84. The van der Waals surface area contributed by atoms with Crippen LogP contribution in [0.1, 0.15) is 78.9 Å². The van der Waals surface area contributed by atoms with E-state index in [4.69, 9.17) is 10.00 Å². The summed E-state index contributed by atoms with van der Waals surface area (Å²) in [7, 11) is -0.274. The molecule has 3 nitrogen and oxygen atoms in total. The molecule has 0 N–H and O–H groups in total. The number of hydrogen-bond donors (Lipinski definition) is 0. The lowest BCUT2D eigenvalue weighted by Crippen LogP contribution is -2.34. The van der Waals surface area contributed by atoms with Crippen molar-refractivity contribution in [1.82, 2.24) is 4.67 Å². The lowest BCUT2D eigenvalue weighted by atomic mass is 9.99. The molecule has 4 heteroatoms. The molecule has 0 heterocycles. The number of unbranched alkanes of at least 4 members (excludes halogenated alkanes) is 1. The van der Waals surface area contributed by atoms with E-state index in [2.05, 4.69) is 93.9 Å². The van der Waals surface area contributed by atoms with E-state index in [0.29, 0.717) is 25.1 Å². The number of ether oxygens (including phenoxy) is 1. The Bertz CT molecular complexity index is 821. The van der Waals surface area contributed by atoms with Crippen molar-refractivity contribution in [3.8, 4) is 17.2 Å². The maximum Gasteiger partial charge on any atom is 0.0717 e. The standard InChI is InChI=1S/C28H41N2OP.C2H6/c1-6-16-31-22-26-19-25(20-28(21-26)27-12-8-7-9-13-27)14-18-32(17-11-10-15-29)30(23(2)3)24(4)5;1-2/h7-9,12-13,19-21,23-24H,6,10-11,14,16-18,22H2,1-5H3;1-2H3. The van der Waals surface area contributed by atoms with Crippen LogP contribution in [0.4, 0.5) is 0 Å². The Balaban J connectivity index is 0.00000281. The normalized spacial score (nSPS) is 11.9. The maximum atomic E-state index is 9.03. The lowest BCUT2D eigenvalue weighted by molar-refractivity contribution is 0.121. The van der Waals surface area contributed by atoms with Crippen LogP contribution in [-0.2, 0) is 17.8 Å². The Labute approximate surface area is 211 Å². The van der Waals surface area contributed by atoms with Crippen molar-refractivity contribution in [1.29, 1.82) is 5.26 Å². The van der Waals surface area contributed by atoms with Crippen LogP contribution in [0.5, 0.6) is 0 Å². The van der Waals surface area contributed by atoms with Gasteiger partial charge in [-0.2, -0.15) is 5.26 Å². The van der Waals surface area contributed by atoms with E-state index in [1.54, 1.807) is 0 Å². The van der Waals surface area contributed by atoms with Crippen LogP contribution in [0.25, 0.3) is 11.1 Å². The van der Waals surface area contributed by atoms with Gasteiger partial charge in [-0.3, -0.25) is 4.67 Å². The summed E-state index contributed by atoms with van der Waals surface area (Å²) in [5.74, 6) is 0. The highest BCUT2D eigenvalue weighted by Crippen LogP contribution is 2.45. The Morgan fingerprint density at radius 1 is 0.912 bits per heavy atom. The number of nitriles is 1. The smallest absolute Gasteiger partial charge is 0.0717 e.